The SMILES string of the molecule is CCc1ccc2oc(C(=O)Oc3ccc4c(c3)OC(N)=C(C#N)C4c3ccc(Br)cc3)c(C)c2c1. The molecule has 0 saturated carbocycles. The van der Waals surface area contributed by atoms with Crippen LogP contribution in [0.4, 0.5) is 0 Å². The number of ether oxygens (including phenoxy) is 2. The largest absolute Gasteiger partial charge is 0.449 e. The lowest BCUT2D eigenvalue weighted by Crippen LogP contribution is -2.21. The second kappa shape index (κ2) is 8.97. The minimum absolute atomic E-state index is 0.0243. The Hall–Kier alpha value is -4.02. The molecule has 4 aromatic rings. The number of aryl methyl sites for hydroxylation is 2. The Morgan fingerprint density at radius 2 is 1.91 bits per heavy atom. The maximum Gasteiger partial charge on any atom is 0.379 e. The molecule has 7 heteroatoms. The molecule has 0 spiro atoms. The molecule has 1 unspecified atom stereocenters. The van der Waals surface area contributed by atoms with Crippen molar-refractivity contribution < 1.29 is 18.7 Å². The zero-order valence-corrected chi connectivity index (χ0v) is 20.7. The van der Waals surface area contributed by atoms with Crippen molar-refractivity contribution >= 4 is 32.9 Å². The molecule has 0 amide bonds. The van der Waals surface area contributed by atoms with Crippen LogP contribution in [-0.2, 0) is 6.42 Å². The number of esters is 1. The molecule has 0 fully saturated rings. The summed E-state index contributed by atoms with van der Waals surface area (Å²) in [5.74, 6) is -0.105. The van der Waals surface area contributed by atoms with Gasteiger partial charge in [0.25, 0.3) is 0 Å². The van der Waals surface area contributed by atoms with Gasteiger partial charge in [0.1, 0.15) is 28.7 Å². The van der Waals surface area contributed by atoms with Crippen molar-refractivity contribution in [2.75, 3.05) is 0 Å². The second-order valence-corrected chi connectivity index (χ2v) is 9.22. The van der Waals surface area contributed by atoms with Crippen molar-refractivity contribution in [3.05, 3.63) is 105 Å². The number of hydrogen-bond acceptors (Lipinski definition) is 6. The van der Waals surface area contributed by atoms with E-state index >= 15 is 0 Å². The van der Waals surface area contributed by atoms with E-state index in [1.165, 1.54) is 0 Å². The average molecular weight is 529 g/mol. The van der Waals surface area contributed by atoms with E-state index < -0.39 is 11.9 Å². The molecule has 0 radical (unpaired) electrons. The number of halogens is 1. The molecule has 2 heterocycles. The van der Waals surface area contributed by atoms with Gasteiger partial charge in [0.15, 0.2) is 0 Å². The Bertz CT molecular complexity index is 1540. The predicted molar refractivity (Wildman–Crippen MR) is 135 cm³/mol. The molecule has 0 aliphatic carbocycles. The average Bonchev–Trinajstić information content (AvgIpc) is 3.19. The second-order valence-electron chi connectivity index (χ2n) is 8.31. The van der Waals surface area contributed by atoms with Crippen LogP contribution in [0.2, 0.25) is 0 Å². The molecule has 0 bridgehead atoms. The first-order chi connectivity index (χ1) is 16.9. The molecular formula is C28H21BrN2O4. The first-order valence-corrected chi connectivity index (χ1v) is 11.9. The summed E-state index contributed by atoms with van der Waals surface area (Å²) in [6, 6.07) is 20.8. The number of rotatable bonds is 4. The summed E-state index contributed by atoms with van der Waals surface area (Å²) in [5, 5.41) is 10.6. The van der Waals surface area contributed by atoms with E-state index in [9.17, 15) is 10.1 Å². The highest BCUT2D eigenvalue weighted by molar-refractivity contribution is 9.10. The van der Waals surface area contributed by atoms with E-state index in [1.807, 2.05) is 49.4 Å². The molecular weight excluding hydrogens is 508 g/mol. The van der Waals surface area contributed by atoms with Crippen LogP contribution in [0.3, 0.4) is 0 Å². The number of fused-ring (bicyclic) bond motifs is 2. The van der Waals surface area contributed by atoms with Gasteiger partial charge in [-0.15, -0.1) is 0 Å². The highest BCUT2D eigenvalue weighted by Gasteiger charge is 2.31. The maximum absolute atomic E-state index is 13.0. The van der Waals surface area contributed by atoms with E-state index in [1.54, 1.807) is 18.2 Å². The standard InChI is InChI=1S/C28H21BrN2O4/c1-3-16-4-11-23-21(12-16)15(2)26(34-23)28(32)33-19-9-10-20-24(13-19)35-27(31)22(14-30)25(20)17-5-7-18(29)8-6-17/h4-13,25H,3,31H2,1-2H3. The van der Waals surface area contributed by atoms with Crippen molar-refractivity contribution in [1.82, 2.24) is 0 Å². The summed E-state index contributed by atoms with van der Waals surface area (Å²) in [5.41, 5.74) is 10.6. The first kappa shape index (κ1) is 22.8. The topological polar surface area (TPSA) is 98.5 Å². The number of carbonyl (C=O) groups is 1. The normalized spacial score (nSPS) is 14.9. The Balaban J connectivity index is 1.48. The van der Waals surface area contributed by atoms with Crippen molar-refractivity contribution in [1.29, 1.82) is 5.26 Å². The highest BCUT2D eigenvalue weighted by atomic mass is 79.9. The minimum Gasteiger partial charge on any atom is -0.449 e. The molecule has 174 valence electrons. The third-order valence-corrected chi connectivity index (χ3v) is 6.73. The number of benzene rings is 3. The fourth-order valence-corrected chi connectivity index (χ4v) is 4.60. The molecule has 3 aromatic carbocycles. The van der Waals surface area contributed by atoms with Crippen molar-refractivity contribution in [2.45, 2.75) is 26.2 Å². The van der Waals surface area contributed by atoms with Crippen LogP contribution in [0.5, 0.6) is 11.5 Å². The zero-order valence-electron chi connectivity index (χ0n) is 19.1. The summed E-state index contributed by atoms with van der Waals surface area (Å²) in [6.45, 7) is 3.92. The van der Waals surface area contributed by atoms with Gasteiger partial charge in [0.2, 0.25) is 11.6 Å². The quantitative estimate of drug-likeness (QED) is 0.239. The van der Waals surface area contributed by atoms with Gasteiger partial charge >= 0.3 is 5.97 Å². The van der Waals surface area contributed by atoms with Crippen LogP contribution in [-0.4, -0.2) is 5.97 Å². The Labute approximate surface area is 210 Å². The lowest BCUT2D eigenvalue weighted by molar-refractivity contribution is 0.0702. The third-order valence-electron chi connectivity index (χ3n) is 6.20. The van der Waals surface area contributed by atoms with Crippen LogP contribution in [0.15, 0.2) is 81.0 Å². The maximum atomic E-state index is 13.0. The first-order valence-electron chi connectivity index (χ1n) is 11.1. The number of hydrogen-bond donors (Lipinski definition) is 1. The fraction of sp³-hybridized carbons (Fsp3) is 0.143. The molecule has 35 heavy (non-hydrogen) atoms. The molecule has 2 N–H and O–H groups in total. The van der Waals surface area contributed by atoms with E-state index in [0.717, 1.165) is 38.5 Å². The molecule has 5 rings (SSSR count). The van der Waals surface area contributed by atoms with Crippen LogP contribution in [0, 0.1) is 18.3 Å². The fourth-order valence-electron chi connectivity index (χ4n) is 4.33. The lowest BCUT2D eigenvalue weighted by Gasteiger charge is -2.26. The molecule has 1 aliphatic heterocycles. The molecule has 0 saturated heterocycles. The number of carbonyl (C=O) groups excluding carboxylic acids is 1. The minimum atomic E-state index is -0.599. The Kier molecular flexibility index (Phi) is 5.83. The van der Waals surface area contributed by atoms with Crippen LogP contribution < -0.4 is 15.2 Å². The van der Waals surface area contributed by atoms with E-state index in [4.69, 9.17) is 19.6 Å². The van der Waals surface area contributed by atoms with E-state index in [2.05, 4.69) is 28.9 Å². The van der Waals surface area contributed by atoms with Crippen molar-refractivity contribution in [3.8, 4) is 17.6 Å². The molecule has 1 aromatic heterocycles. The van der Waals surface area contributed by atoms with Gasteiger partial charge in [-0.1, -0.05) is 47.1 Å². The van der Waals surface area contributed by atoms with Gasteiger partial charge in [-0.25, -0.2) is 4.79 Å². The summed E-state index contributed by atoms with van der Waals surface area (Å²) < 4.78 is 18.1. The number of nitriles is 1. The Morgan fingerprint density at radius 3 is 2.63 bits per heavy atom. The lowest BCUT2D eigenvalue weighted by atomic mass is 9.83. The zero-order chi connectivity index (χ0) is 24.7. The van der Waals surface area contributed by atoms with Crippen LogP contribution in [0.25, 0.3) is 11.0 Å². The molecule has 1 aliphatic rings. The smallest absolute Gasteiger partial charge is 0.379 e. The summed E-state index contributed by atoms with van der Waals surface area (Å²) in [6.07, 6.45) is 0.891. The number of furan rings is 1. The predicted octanol–water partition coefficient (Wildman–Crippen LogP) is 6.50. The molecule has 6 nitrogen and oxygen atoms in total. The van der Waals surface area contributed by atoms with Crippen molar-refractivity contribution in [3.63, 3.8) is 0 Å². The number of nitrogens with zero attached hydrogens (tertiary/aromatic N) is 1. The number of nitrogens with two attached hydrogens (primary N) is 1. The van der Waals surface area contributed by atoms with Gasteiger partial charge in [0, 0.05) is 27.1 Å². The van der Waals surface area contributed by atoms with Crippen LogP contribution >= 0.6 is 15.9 Å². The molecule has 1 atom stereocenters. The number of allylic oxidation sites excluding steroid dienone is 1. The van der Waals surface area contributed by atoms with Crippen LogP contribution in [0.1, 0.15) is 45.7 Å². The van der Waals surface area contributed by atoms with Gasteiger partial charge in [-0.05, 0) is 54.8 Å². The summed E-state index contributed by atoms with van der Waals surface area (Å²) in [7, 11) is 0. The van der Waals surface area contributed by atoms with Gasteiger partial charge < -0.3 is 19.6 Å². The van der Waals surface area contributed by atoms with Crippen molar-refractivity contribution in [2.24, 2.45) is 5.73 Å². The Morgan fingerprint density at radius 1 is 1.14 bits per heavy atom. The highest BCUT2D eigenvalue weighted by Crippen LogP contribution is 2.43. The van der Waals surface area contributed by atoms with Gasteiger partial charge in [-0.2, -0.15) is 5.26 Å². The third kappa shape index (κ3) is 4.07. The van der Waals surface area contributed by atoms with Gasteiger partial charge in [-0.3, -0.25) is 0 Å². The summed E-state index contributed by atoms with van der Waals surface area (Å²) in [4.78, 5) is 13.0. The van der Waals surface area contributed by atoms with Gasteiger partial charge in [0.05, 0.1) is 5.92 Å². The van der Waals surface area contributed by atoms with E-state index in [0.29, 0.717) is 16.9 Å². The monoisotopic (exact) mass is 528 g/mol. The summed E-state index contributed by atoms with van der Waals surface area (Å²) >= 11 is 3.44. The van der Waals surface area contributed by atoms with E-state index in [-0.39, 0.29) is 17.4 Å².